The highest BCUT2D eigenvalue weighted by molar-refractivity contribution is 5.94. The average Bonchev–Trinajstić information content (AvgIpc) is 2.31. The first-order valence-corrected chi connectivity index (χ1v) is 5.28. The molecule has 0 aromatic carbocycles. The fraction of sp³-hybridized carbons (Fsp3) is 0.455. The Balaban J connectivity index is 0.00000128. The van der Waals surface area contributed by atoms with Gasteiger partial charge in [-0.15, -0.1) is 24.8 Å². The Hall–Kier alpha value is -0.840. The predicted molar refractivity (Wildman–Crippen MR) is 72.1 cm³/mol. The molecule has 2 rings (SSSR count). The van der Waals surface area contributed by atoms with Crippen molar-refractivity contribution in [2.75, 3.05) is 13.1 Å². The standard InChI is InChI=1S/C11H15N3O.2ClH/c15-11(9-2-1-5-13-8-9)14-10-3-6-12-7-4-10;;/h1-2,5,8,10,12H,3-4,6-7H2,(H,14,15);2*1H. The Bertz CT molecular complexity index is 329. The molecule has 1 saturated heterocycles. The zero-order valence-electron chi connectivity index (χ0n) is 9.39. The molecule has 0 spiro atoms. The molecule has 6 heteroatoms. The smallest absolute Gasteiger partial charge is 0.253 e. The van der Waals surface area contributed by atoms with Crippen molar-refractivity contribution in [3.05, 3.63) is 30.1 Å². The number of carbonyl (C=O) groups excluding carboxylic acids is 1. The van der Waals surface area contributed by atoms with E-state index in [0.29, 0.717) is 11.6 Å². The van der Waals surface area contributed by atoms with E-state index in [0.717, 1.165) is 25.9 Å². The van der Waals surface area contributed by atoms with Gasteiger partial charge in [0.15, 0.2) is 0 Å². The van der Waals surface area contributed by atoms with E-state index in [9.17, 15) is 4.79 Å². The number of hydrogen-bond acceptors (Lipinski definition) is 3. The van der Waals surface area contributed by atoms with E-state index in [1.807, 2.05) is 0 Å². The molecule has 1 aliphatic heterocycles. The minimum Gasteiger partial charge on any atom is -0.349 e. The zero-order chi connectivity index (χ0) is 10.5. The molecule has 1 aromatic rings. The van der Waals surface area contributed by atoms with Crippen LogP contribution in [0, 0.1) is 0 Å². The summed E-state index contributed by atoms with van der Waals surface area (Å²) in [7, 11) is 0. The Morgan fingerprint density at radius 2 is 2.06 bits per heavy atom. The Morgan fingerprint density at radius 1 is 1.35 bits per heavy atom. The van der Waals surface area contributed by atoms with E-state index in [-0.39, 0.29) is 30.7 Å². The molecule has 0 aliphatic carbocycles. The number of nitrogens with zero attached hydrogens (tertiary/aromatic N) is 1. The minimum atomic E-state index is -0.0185. The van der Waals surface area contributed by atoms with Crippen molar-refractivity contribution in [2.24, 2.45) is 0 Å². The van der Waals surface area contributed by atoms with Gasteiger partial charge in [-0.1, -0.05) is 0 Å². The van der Waals surface area contributed by atoms with Gasteiger partial charge in [0.1, 0.15) is 0 Å². The Morgan fingerprint density at radius 3 is 2.65 bits per heavy atom. The summed E-state index contributed by atoms with van der Waals surface area (Å²) in [4.78, 5) is 15.7. The molecular weight excluding hydrogens is 261 g/mol. The van der Waals surface area contributed by atoms with Gasteiger partial charge in [0, 0.05) is 18.4 Å². The van der Waals surface area contributed by atoms with E-state index in [1.54, 1.807) is 24.5 Å². The van der Waals surface area contributed by atoms with Crippen molar-refractivity contribution in [1.82, 2.24) is 15.6 Å². The number of halogens is 2. The quantitative estimate of drug-likeness (QED) is 0.860. The Labute approximate surface area is 113 Å². The molecule has 0 unspecified atom stereocenters. The summed E-state index contributed by atoms with van der Waals surface area (Å²) in [5.41, 5.74) is 0.635. The van der Waals surface area contributed by atoms with E-state index in [2.05, 4.69) is 15.6 Å². The lowest BCUT2D eigenvalue weighted by atomic mass is 10.1. The second kappa shape index (κ2) is 8.28. The number of aromatic nitrogens is 1. The van der Waals surface area contributed by atoms with Gasteiger partial charge in [0.2, 0.25) is 0 Å². The molecule has 96 valence electrons. The molecule has 2 N–H and O–H groups in total. The molecule has 1 aromatic heterocycles. The van der Waals surface area contributed by atoms with Gasteiger partial charge in [0.05, 0.1) is 5.56 Å². The number of piperidine rings is 1. The summed E-state index contributed by atoms with van der Waals surface area (Å²) >= 11 is 0. The molecule has 1 amide bonds. The third-order valence-corrected chi connectivity index (χ3v) is 2.60. The maximum Gasteiger partial charge on any atom is 0.253 e. The average molecular weight is 278 g/mol. The number of amides is 1. The first-order valence-electron chi connectivity index (χ1n) is 5.28. The number of pyridine rings is 1. The van der Waals surface area contributed by atoms with Crippen LogP contribution in [-0.4, -0.2) is 30.0 Å². The molecule has 0 radical (unpaired) electrons. The molecule has 0 bridgehead atoms. The third-order valence-electron chi connectivity index (χ3n) is 2.60. The summed E-state index contributed by atoms with van der Waals surface area (Å²) in [6, 6.07) is 3.86. The van der Waals surface area contributed by atoms with E-state index in [4.69, 9.17) is 0 Å². The minimum absolute atomic E-state index is 0. The largest absolute Gasteiger partial charge is 0.349 e. The van der Waals surface area contributed by atoms with Crippen LogP contribution in [0.4, 0.5) is 0 Å². The summed E-state index contributed by atoms with van der Waals surface area (Å²) in [6.45, 7) is 1.97. The fourth-order valence-corrected chi connectivity index (χ4v) is 1.73. The van der Waals surface area contributed by atoms with Crippen LogP contribution < -0.4 is 10.6 Å². The van der Waals surface area contributed by atoms with Gasteiger partial charge in [-0.2, -0.15) is 0 Å². The molecule has 2 heterocycles. The van der Waals surface area contributed by atoms with Gasteiger partial charge in [-0.05, 0) is 38.1 Å². The number of carbonyl (C=O) groups is 1. The third kappa shape index (κ3) is 4.89. The van der Waals surface area contributed by atoms with Crippen molar-refractivity contribution in [3.63, 3.8) is 0 Å². The van der Waals surface area contributed by atoms with Crippen molar-refractivity contribution in [2.45, 2.75) is 18.9 Å². The lowest BCUT2D eigenvalue weighted by Gasteiger charge is -2.23. The second-order valence-electron chi connectivity index (χ2n) is 3.74. The van der Waals surface area contributed by atoms with Gasteiger partial charge >= 0.3 is 0 Å². The predicted octanol–water partition coefficient (Wildman–Crippen LogP) is 1.41. The van der Waals surface area contributed by atoms with Gasteiger partial charge < -0.3 is 10.6 Å². The lowest BCUT2D eigenvalue weighted by molar-refractivity contribution is 0.0929. The highest BCUT2D eigenvalue weighted by atomic mass is 35.5. The lowest BCUT2D eigenvalue weighted by Crippen LogP contribution is -2.42. The molecule has 0 saturated carbocycles. The molecule has 1 aliphatic rings. The van der Waals surface area contributed by atoms with Crippen LogP contribution in [0.3, 0.4) is 0 Å². The maximum absolute atomic E-state index is 11.7. The van der Waals surface area contributed by atoms with Crippen LogP contribution in [0.25, 0.3) is 0 Å². The van der Waals surface area contributed by atoms with Crippen LogP contribution in [0.2, 0.25) is 0 Å². The number of nitrogens with one attached hydrogen (secondary N) is 2. The zero-order valence-corrected chi connectivity index (χ0v) is 11.0. The van der Waals surface area contributed by atoms with E-state index in [1.165, 1.54) is 0 Å². The Kier molecular flexibility index (Phi) is 7.87. The SMILES string of the molecule is Cl.Cl.O=C(NC1CCNCC1)c1cccnc1. The summed E-state index contributed by atoms with van der Waals surface area (Å²) in [5, 5.41) is 6.28. The summed E-state index contributed by atoms with van der Waals surface area (Å²) in [6.07, 6.45) is 5.27. The van der Waals surface area contributed by atoms with Crippen molar-refractivity contribution >= 4 is 30.7 Å². The molecule has 17 heavy (non-hydrogen) atoms. The van der Waals surface area contributed by atoms with Crippen LogP contribution >= 0.6 is 24.8 Å². The molecule has 1 fully saturated rings. The normalized spacial score (nSPS) is 15.3. The van der Waals surface area contributed by atoms with E-state index < -0.39 is 0 Å². The number of hydrogen-bond donors (Lipinski definition) is 2. The number of rotatable bonds is 2. The van der Waals surface area contributed by atoms with Crippen molar-refractivity contribution in [3.8, 4) is 0 Å². The highest BCUT2D eigenvalue weighted by Gasteiger charge is 2.15. The van der Waals surface area contributed by atoms with Crippen LogP contribution in [0.5, 0.6) is 0 Å². The molecule has 4 nitrogen and oxygen atoms in total. The van der Waals surface area contributed by atoms with Crippen molar-refractivity contribution < 1.29 is 4.79 Å². The van der Waals surface area contributed by atoms with E-state index >= 15 is 0 Å². The van der Waals surface area contributed by atoms with Crippen LogP contribution in [0.1, 0.15) is 23.2 Å². The van der Waals surface area contributed by atoms with Crippen LogP contribution in [-0.2, 0) is 0 Å². The van der Waals surface area contributed by atoms with Gasteiger partial charge in [-0.25, -0.2) is 0 Å². The van der Waals surface area contributed by atoms with Gasteiger partial charge in [0.25, 0.3) is 5.91 Å². The van der Waals surface area contributed by atoms with Crippen LogP contribution in [0.15, 0.2) is 24.5 Å². The molecule has 0 atom stereocenters. The van der Waals surface area contributed by atoms with Crippen molar-refractivity contribution in [1.29, 1.82) is 0 Å². The fourth-order valence-electron chi connectivity index (χ4n) is 1.73. The first kappa shape index (κ1) is 16.2. The highest BCUT2D eigenvalue weighted by Crippen LogP contribution is 2.04. The summed E-state index contributed by atoms with van der Waals surface area (Å²) in [5.74, 6) is -0.0185. The monoisotopic (exact) mass is 277 g/mol. The topological polar surface area (TPSA) is 54.0 Å². The first-order chi connectivity index (χ1) is 7.36. The molecular formula is C11H17Cl2N3O. The summed E-state index contributed by atoms with van der Waals surface area (Å²) < 4.78 is 0. The van der Waals surface area contributed by atoms with Gasteiger partial charge in [-0.3, -0.25) is 9.78 Å². The maximum atomic E-state index is 11.7. The second-order valence-corrected chi connectivity index (χ2v) is 3.74.